The zero-order valence-corrected chi connectivity index (χ0v) is 12.5. The lowest BCUT2D eigenvalue weighted by molar-refractivity contribution is -0.137. The van der Waals surface area contributed by atoms with Crippen LogP contribution < -0.4 is 11.1 Å². The second kappa shape index (κ2) is 5.68. The zero-order valence-electron chi connectivity index (χ0n) is 11.8. The lowest BCUT2D eigenvalue weighted by Gasteiger charge is -2.11. The van der Waals surface area contributed by atoms with Crippen LogP contribution in [-0.4, -0.2) is 21.1 Å². The average Bonchev–Trinajstić information content (AvgIpc) is 2.98. The van der Waals surface area contributed by atoms with Gasteiger partial charge in [0.15, 0.2) is 5.69 Å². The molecule has 0 unspecified atom stereocenters. The number of pyridine rings is 1. The minimum absolute atomic E-state index is 0.236. The molecule has 0 bridgehead atoms. The Bertz CT molecular complexity index is 938. The van der Waals surface area contributed by atoms with Crippen molar-refractivity contribution in [2.24, 2.45) is 0 Å². The van der Waals surface area contributed by atoms with Crippen molar-refractivity contribution in [1.29, 1.82) is 0 Å². The third kappa shape index (κ3) is 2.85. The van der Waals surface area contributed by atoms with Crippen molar-refractivity contribution in [2.75, 3.05) is 11.1 Å². The second-order valence-electron chi connectivity index (χ2n) is 4.87. The van der Waals surface area contributed by atoms with Crippen LogP contribution in [0.25, 0.3) is 10.9 Å². The summed E-state index contributed by atoms with van der Waals surface area (Å²) in [6, 6.07) is 3.83. The number of hydrogen-bond acceptors (Lipinski definition) is 4. The maximum absolute atomic E-state index is 12.6. The summed E-state index contributed by atoms with van der Waals surface area (Å²) in [5.41, 5.74) is 4.70. The molecule has 10 heteroatoms. The van der Waals surface area contributed by atoms with Gasteiger partial charge in [-0.25, -0.2) is 4.98 Å². The lowest BCUT2D eigenvalue weighted by Crippen LogP contribution is -2.17. The summed E-state index contributed by atoms with van der Waals surface area (Å²) in [5.74, 6) is -0.772. The fourth-order valence-corrected chi connectivity index (χ4v) is 2.35. The number of rotatable bonds is 2. The van der Waals surface area contributed by atoms with E-state index in [9.17, 15) is 18.0 Å². The highest BCUT2D eigenvalue weighted by atomic mass is 35.5. The van der Waals surface area contributed by atoms with Crippen LogP contribution in [0, 0.1) is 0 Å². The Hall–Kier alpha value is -2.81. The number of H-pyrrole nitrogens is 1. The van der Waals surface area contributed by atoms with Gasteiger partial charge in [0.05, 0.1) is 33.7 Å². The number of hydrogen-bond donors (Lipinski definition) is 3. The Balaban J connectivity index is 1.90. The predicted molar refractivity (Wildman–Crippen MR) is 82.7 cm³/mol. The van der Waals surface area contributed by atoms with Gasteiger partial charge in [-0.3, -0.25) is 9.89 Å². The highest BCUT2D eigenvalue weighted by Gasteiger charge is 2.32. The van der Waals surface area contributed by atoms with Crippen LogP contribution in [0.5, 0.6) is 0 Å². The van der Waals surface area contributed by atoms with Crippen molar-refractivity contribution in [2.45, 2.75) is 6.18 Å². The summed E-state index contributed by atoms with van der Waals surface area (Å²) in [5, 5.41) is 9.84. The van der Waals surface area contributed by atoms with Gasteiger partial charge < -0.3 is 11.1 Å². The van der Waals surface area contributed by atoms with E-state index in [-0.39, 0.29) is 22.1 Å². The number of aromatic amines is 1. The monoisotopic (exact) mass is 355 g/mol. The second-order valence-corrected chi connectivity index (χ2v) is 5.25. The Morgan fingerprint density at radius 3 is 2.71 bits per heavy atom. The van der Waals surface area contributed by atoms with E-state index in [0.717, 1.165) is 0 Å². The largest absolute Gasteiger partial charge is 0.417 e. The summed E-state index contributed by atoms with van der Waals surface area (Å²) in [7, 11) is 0. The maximum Gasteiger partial charge on any atom is 0.417 e. The number of carbonyl (C=O) groups is 1. The SMILES string of the molecule is Nc1cc(C(F)(F)F)cnc1C(=O)Nc1ccc2[nH]ncc2c1Cl. The third-order valence-electron chi connectivity index (χ3n) is 3.27. The molecule has 4 N–H and O–H groups in total. The van der Waals surface area contributed by atoms with Gasteiger partial charge in [0, 0.05) is 11.6 Å². The molecule has 3 rings (SSSR count). The number of nitrogens with one attached hydrogen (secondary N) is 2. The number of fused-ring (bicyclic) bond motifs is 1. The van der Waals surface area contributed by atoms with Crippen LogP contribution >= 0.6 is 11.6 Å². The number of halogens is 4. The Labute approximate surface area is 137 Å². The van der Waals surface area contributed by atoms with E-state index >= 15 is 0 Å². The summed E-state index contributed by atoms with van der Waals surface area (Å²) >= 11 is 6.16. The van der Waals surface area contributed by atoms with Crippen LogP contribution in [0.1, 0.15) is 16.1 Å². The van der Waals surface area contributed by atoms with E-state index in [4.69, 9.17) is 17.3 Å². The number of nitrogens with zero attached hydrogens (tertiary/aromatic N) is 2. The van der Waals surface area contributed by atoms with Gasteiger partial charge in [0.2, 0.25) is 0 Å². The first-order valence-electron chi connectivity index (χ1n) is 6.53. The van der Waals surface area contributed by atoms with Crippen molar-refractivity contribution in [3.63, 3.8) is 0 Å². The van der Waals surface area contributed by atoms with Crippen molar-refractivity contribution < 1.29 is 18.0 Å². The van der Waals surface area contributed by atoms with Crippen LogP contribution in [0.2, 0.25) is 5.02 Å². The fraction of sp³-hybridized carbons (Fsp3) is 0.0714. The molecular formula is C14H9ClF3N5O. The number of nitrogens with two attached hydrogens (primary N) is 1. The molecule has 2 heterocycles. The van der Waals surface area contributed by atoms with Crippen LogP contribution in [0.15, 0.2) is 30.6 Å². The minimum atomic E-state index is -4.59. The van der Waals surface area contributed by atoms with Gasteiger partial charge in [-0.15, -0.1) is 0 Å². The maximum atomic E-state index is 12.6. The van der Waals surface area contributed by atoms with E-state index in [2.05, 4.69) is 20.5 Å². The average molecular weight is 356 g/mol. The summed E-state index contributed by atoms with van der Waals surface area (Å²) in [6.07, 6.45) is -2.56. The summed E-state index contributed by atoms with van der Waals surface area (Å²) < 4.78 is 37.8. The van der Waals surface area contributed by atoms with Crippen LogP contribution in [0.4, 0.5) is 24.5 Å². The Kier molecular flexibility index (Phi) is 3.80. The zero-order chi connectivity index (χ0) is 17.5. The van der Waals surface area contributed by atoms with Gasteiger partial charge in [0.25, 0.3) is 5.91 Å². The van der Waals surface area contributed by atoms with Crippen LogP contribution in [-0.2, 0) is 6.18 Å². The number of aromatic nitrogens is 3. The molecule has 0 aliphatic heterocycles. The minimum Gasteiger partial charge on any atom is -0.397 e. The fourth-order valence-electron chi connectivity index (χ4n) is 2.09. The van der Waals surface area contributed by atoms with Gasteiger partial charge in [0.1, 0.15) is 0 Å². The van der Waals surface area contributed by atoms with Gasteiger partial charge >= 0.3 is 6.18 Å². The molecule has 0 atom stereocenters. The predicted octanol–water partition coefficient (Wildman–Crippen LogP) is 3.46. The van der Waals surface area contributed by atoms with Crippen molar-refractivity contribution >= 4 is 39.8 Å². The van der Waals surface area contributed by atoms with Crippen molar-refractivity contribution in [3.8, 4) is 0 Å². The topological polar surface area (TPSA) is 96.7 Å². The summed E-state index contributed by atoms with van der Waals surface area (Å²) in [4.78, 5) is 15.7. The molecule has 0 radical (unpaired) electrons. The molecule has 0 aliphatic carbocycles. The smallest absolute Gasteiger partial charge is 0.397 e. The third-order valence-corrected chi connectivity index (χ3v) is 3.67. The van der Waals surface area contributed by atoms with Gasteiger partial charge in [-0.2, -0.15) is 18.3 Å². The van der Waals surface area contributed by atoms with Gasteiger partial charge in [-0.1, -0.05) is 11.6 Å². The number of nitrogen functional groups attached to an aromatic ring is 1. The molecule has 3 aromatic rings. The van der Waals surface area contributed by atoms with Crippen LogP contribution in [0.3, 0.4) is 0 Å². The number of carbonyl (C=O) groups excluding carboxylic acids is 1. The Morgan fingerprint density at radius 2 is 2.04 bits per heavy atom. The van der Waals surface area contributed by atoms with E-state index in [1.54, 1.807) is 6.07 Å². The molecule has 0 fully saturated rings. The van der Waals surface area contributed by atoms with Gasteiger partial charge in [-0.05, 0) is 18.2 Å². The van der Waals surface area contributed by atoms with E-state index in [0.29, 0.717) is 23.2 Å². The van der Waals surface area contributed by atoms with E-state index in [1.807, 2.05) is 0 Å². The molecule has 0 saturated carbocycles. The highest BCUT2D eigenvalue weighted by Crippen LogP contribution is 2.32. The first kappa shape index (κ1) is 16.1. The quantitative estimate of drug-likeness (QED) is 0.655. The molecule has 6 nitrogen and oxygen atoms in total. The molecule has 124 valence electrons. The number of alkyl halides is 3. The molecule has 0 saturated heterocycles. The van der Waals surface area contributed by atoms with E-state index < -0.39 is 17.6 Å². The van der Waals surface area contributed by atoms with Crippen molar-refractivity contribution in [3.05, 3.63) is 46.9 Å². The van der Waals surface area contributed by atoms with Crippen molar-refractivity contribution in [1.82, 2.24) is 15.2 Å². The number of benzene rings is 1. The standard InChI is InChI=1S/C14H9ClF3N5O/c15-11-7-5-21-23-9(7)1-2-10(11)22-13(24)12-8(19)3-6(4-20-12)14(16,17)18/h1-5H,19H2,(H,21,23)(H,22,24). The molecular weight excluding hydrogens is 347 g/mol. The number of amides is 1. The summed E-state index contributed by atoms with van der Waals surface area (Å²) in [6.45, 7) is 0. The normalized spacial score (nSPS) is 11.7. The number of anilines is 2. The first-order chi connectivity index (χ1) is 11.3. The lowest BCUT2D eigenvalue weighted by atomic mass is 10.2. The molecule has 1 amide bonds. The Morgan fingerprint density at radius 1 is 1.29 bits per heavy atom. The molecule has 1 aromatic carbocycles. The molecule has 2 aromatic heterocycles. The van der Waals surface area contributed by atoms with E-state index in [1.165, 1.54) is 12.3 Å². The highest BCUT2D eigenvalue weighted by molar-refractivity contribution is 6.38. The molecule has 24 heavy (non-hydrogen) atoms. The first-order valence-corrected chi connectivity index (χ1v) is 6.91. The molecule has 0 spiro atoms. The molecule has 0 aliphatic rings.